The normalized spacial score (nSPS) is 15.5. The highest BCUT2D eigenvalue weighted by Crippen LogP contribution is 2.23. The molecule has 6 nitrogen and oxygen atoms in total. The monoisotopic (exact) mass is 346 g/mol. The SMILES string of the molecule is Cc1cc([N+](=O)[O-])cnc1N1CCN(Cc2cccc(Cl)c2)CC1. The van der Waals surface area contributed by atoms with E-state index in [0.29, 0.717) is 0 Å². The summed E-state index contributed by atoms with van der Waals surface area (Å²) in [5.74, 6) is 0.836. The van der Waals surface area contributed by atoms with Gasteiger partial charge in [-0.15, -0.1) is 0 Å². The van der Waals surface area contributed by atoms with E-state index in [9.17, 15) is 10.1 Å². The predicted molar refractivity (Wildman–Crippen MR) is 94.6 cm³/mol. The van der Waals surface area contributed by atoms with E-state index in [1.807, 2.05) is 25.1 Å². The van der Waals surface area contributed by atoms with Crippen LogP contribution in [0.15, 0.2) is 36.5 Å². The molecular weight excluding hydrogens is 328 g/mol. The minimum Gasteiger partial charge on any atom is -0.354 e. The molecule has 1 aromatic heterocycles. The van der Waals surface area contributed by atoms with E-state index in [-0.39, 0.29) is 5.69 Å². The molecule has 0 spiro atoms. The number of piperazine rings is 1. The average Bonchev–Trinajstić information content (AvgIpc) is 2.55. The van der Waals surface area contributed by atoms with Gasteiger partial charge in [-0.25, -0.2) is 4.98 Å². The summed E-state index contributed by atoms with van der Waals surface area (Å²) in [5.41, 5.74) is 2.09. The third kappa shape index (κ3) is 3.83. The Labute approximate surface area is 145 Å². The first-order chi connectivity index (χ1) is 11.5. The summed E-state index contributed by atoms with van der Waals surface area (Å²) in [6, 6.07) is 9.51. The van der Waals surface area contributed by atoms with Crippen LogP contribution in [0.25, 0.3) is 0 Å². The van der Waals surface area contributed by atoms with E-state index in [1.54, 1.807) is 6.07 Å². The maximum Gasteiger partial charge on any atom is 0.287 e. The Hall–Kier alpha value is -2.18. The van der Waals surface area contributed by atoms with Crippen molar-refractivity contribution in [1.29, 1.82) is 0 Å². The first kappa shape index (κ1) is 16.7. The summed E-state index contributed by atoms with van der Waals surface area (Å²) in [6.45, 7) is 6.29. The van der Waals surface area contributed by atoms with Crippen LogP contribution in [0.3, 0.4) is 0 Å². The van der Waals surface area contributed by atoms with Crippen LogP contribution in [0.1, 0.15) is 11.1 Å². The number of benzene rings is 1. The van der Waals surface area contributed by atoms with Gasteiger partial charge in [0.1, 0.15) is 12.0 Å². The topological polar surface area (TPSA) is 62.5 Å². The zero-order chi connectivity index (χ0) is 17.1. The highest BCUT2D eigenvalue weighted by Gasteiger charge is 2.20. The van der Waals surface area contributed by atoms with Crippen LogP contribution in [-0.4, -0.2) is 41.0 Å². The molecule has 1 aliphatic heterocycles. The second-order valence-corrected chi connectivity index (χ2v) is 6.42. The predicted octanol–water partition coefficient (Wildman–Crippen LogP) is 3.27. The number of pyridine rings is 1. The van der Waals surface area contributed by atoms with Crippen molar-refractivity contribution in [1.82, 2.24) is 9.88 Å². The number of hydrogen-bond donors (Lipinski definition) is 0. The van der Waals surface area contributed by atoms with Crippen molar-refractivity contribution in [3.63, 3.8) is 0 Å². The largest absolute Gasteiger partial charge is 0.354 e. The lowest BCUT2D eigenvalue weighted by molar-refractivity contribution is -0.385. The van der Waals surface area contributed by atoms with E-state index in [4.69, 9.17) is 11.6 Å². The molecule has 0 unspecified atom stereocenters. The van der Waals surface area contributed by atoms with Crippen molar-refractivity contribution < 1.29 is 4.92 Å². The molecule has 0 radical (unpaired) electrons. The van der Waals surface area contributed by atoms with E-state index < -0.39 is 4.92 Å². The molecule has 0 amide bonds. The van der Waals surface area contributed by atoms with E-state index in [0.717, 1.165) is 49.1 Å². The van der Waals surface area contributed by atoms with Gasteiger partial charge in [-0.05, 0) is 30.2 Å². The lowest BCUT2D eigenvalue weighted by Gasteiger charge is -2.36. The Bertz CT molecular complexity index is 745. The number of aromatic nitrogens is 1. The molecule has 1 aromatic carbocycles. The Balaban J connectivity index is 1.62. The summed E-state index contributed by atoms with van der Waals surface area (Å²) < 4.78 is 0. The van der Waals surface area contributed by atoms with Gasteiger partial charge in [0, 0.05) is 43.8 Å². The summed E-state index contributed by atoms with van der Waals surface area (Å²) in [6.07, 6.45) is 1.33. The second kappa shape index (κ2) is 7.15. The molecule has 2 aromatic rings. The molecule has 126 valence electrons. The van der Waals surface area contributed by atoms with Crippen molar-refractivity contribution in [3.05, 3.63) is 62.8 Å². The zero-order valence-corrected chi connectivity index (χ0v) is 14.2. The van der Waals surface area contributed by atoms with E-state index in [2.05, 4.69) is 20.9 Å². The Morgan fingerprint density at radius 1 is 1.25 bits per heavy atom. The van der Waals surface area contributed by atoms with Gasteiger partial charge in [0.25, 0.3) is 5.69 Å². The molecule has 0 aliphatic carbocycles. The summed E-state index contributed by atoms with van der Waals surface area (Å²) in [5, 5.41) is 11.6. The van der Waals surface area contributed by atoms with Crippen molar-refractivity contribution >= 4 is 23.1 Å². The van der Waals surface area contributed by atoms with Gasteiger partial charge in [-0.1, -0.05) is 23.7 Å². The number of anilines is 1. The molecule has 24 heavy (non-hydrogen) atoms. The maximum atomic E-state index is 10.8. The molecule has 0 atom stereocenters. The molecule has 1 aliphatic rings. The minimum absolute atomic E-state index is 0.0378. The molecule has 1 fully saturated rings. The quantitative estimate of drug-likeness (QED) is 0.628. The highest BCUT2D eigenvalue weighted by molar-refractivity contribution is 6.30. The molecule has 3 rings (SSSR count). The summed E-state index contributed by atoms with van der Waals surface area (Å²) in [7, 11) is 0. The molecule has 0 N–H and O–H groups in total. The molecule has 1 saturated heterocycles. The van der Waals surface area contributed by atoms with Gasteiger partial charge in [0.05, 0.1) is 4.92 Å². The zero-order valence-electron chi connectivity index (χ0n) is 13.5. The molecule has 2 heterocycles. The standard InChI is InChI=1S/C17H19ClN4O2/c1-13-9-16(22(23)24)11-19-17(13)21-7-5-20(6-8-21)12-14-3-2-4-15(18)10-14/h2-4,9-11H,5-8,12H2,1H3. The number of nitrogens with zero attached hydrogens (tertiary/aromatic N) is 4. The van der Waals surface area contributed by atoms with Crippen molar-refractivity contribution in [2.45, 2.75) is 13.5 Å². The van der Waals surface area contributed by atoms with Crippen molar-refractivity contribution in [2.24, 2.45) is 0 Å². The Morgan fingerprint density at radius 2 is 2.00 bits per heavy atom. The molecule has 0 saturated carbocycles. The van der Waals surface area contributed by atoms with Gasteiger partial charge in [0.2, 0.25) is 0 Å². The van der Waals surface area contributed by atoms with Crippen LogP contribution in [0, 0.1) is 17.0 Å². The fourth-order valence-corrected chi connectivity index (χ4v) is 3.21. The number of hydrogen-bond acceptors (Lipinski definition) is 5. The summed E-state index contributed by atoms with van der Waals surface area (Å²) >= 11 is 6.04. The number of rotatable bonds is 4. The molecule has 0 bridgehead atoms. The maximum absolute atomic E-state index is 10.8. The third-order valence-electron chi connectivity index (χ3n) is 4.21. The van der Waals surface area contributed by atoms with Gasteiger partial charge in [-0.3, -0.25) is 15.0 Å². The number of halogens is 1. The fourth-order valence-electron chi connectivity index (χ4n) is 2.99. The van der Waals surface area contributed by atoms with Crippen LogP contribution in [0.4, 0.5) is 11.5 Å². The van der Waals surface area contributed by atoms with Crippen LogP contribution in [0.2, 0.25) is 5.02 Å². The number of aryl methyl sites for hydroxylation is 1. The lowest BCUT2D eigenvalue weighted by atomic mass is 10.2. The van der Waals surface area contributed by atoms with E-state index >= 15 is 0 Å². The van der Waals surface area contributed by atoms with Crippen LogP contribution in [-0.2, 0) is 6.54 Å². The van der Waals surface area contributed by atoms with Gasteiger partial charge < -0.3 is 4.90 Å². The van der Waals surface area contributed by atoms with Crippen LogP contribution >= 0.6 is 11.6 Å². The van der Waals surface area contributed by atoms with E-state index in [1.165, 1.54) is 11.8 Å². The van der Waals surface area contributed by atoms with Crippen LogP contribution in [0.5, 0.6) is 0 Å². The first-order valence-electron chi connectivity index (χ1n) is 7.86. The second-order valence-electron chi connectivity index (χ2n) is 5.98. The lowest BCUT2D eigenvalue weighted by Crippen LogP contribution is -2.46. The average molecular weight is 347 g/mol. The minimum atomic E-state index is -0.410. The smallest absolute Gasteiger partial charge is 0.287 e. The van der Waals surface area contributed by atoms with Gasteiger partial charge in [0.15, 0.2) is 0 Å². The number of nitro groups is 1. The molecular formula is C17H19ClN4O2. The van der Waals surface area contributed by atoms with Gasteiger partial charge in [-0.2, -0.15) is 0 Å². The summed E-state index contributed by atoms with van der Waals surface area (Å²) in [4.78, 5) is 19.3. The van der Waals surface area contributed by atoms with Crippen molar-refractivity contribution in [2.75, 3.05) is 31.1 Å². The Morgan fingerprint density at radius 3 is 2.62 bits per heavy atom. The third-order valence-corrected chi connectivity index (χ3v) is 4.45. The van der Waals surface area contributed by atoms with Crippen LogP contribution < -0.4 is 4.90 Å². The first-order valence-corrected chi connectivity index (χ1v) is 8.23. The van der Waals surface area contributed by atoms with Gasteiger partial charge >= 0.3 is 0 Å². The fraction of sp³-hybridized carbons (Fsp3) is 0.353. The molecule has 7 heteroatoms. The Kier molecular flexibility index (Phi) is 4.97. The van der Waals surface area contributed by atoms with Crippen molar-refractivity contribution in [3.8, 4) is 0 Å². The highest BCUT2D eigenvalue weighted by atomic mass is 35.5.